The van der Waals surface area contributed by atoms with Crippen LogP contribution in [0.25, 0.3) is 11.3 Å². The second-order valence-electron chi connectivity index (χ2n) is 2.72. The summed E-state index contributed by atoms with van der Waals surface area (Å²) in [7, 11) is 0. The van der Waals surface area contributed by atoms with E-state index in [4.69, 9.17) is 11.6 Å². The van der Waals surface area contributed by atoms with Gasteiger partial charge in [0, 0.05) is 11.6 Å². The summed E-state index contributed by atoms with van der Waals surface area (Å²) < 4.78 is 25.8. The molecule has 5 heteroatoms. The Kier molecular flexibility index (Phi) is 2.21. The van der Waals surface area contributed by atoms with Crippen molar-refractivity contribution in [2.75, 3.05) is 0 Å². The van der Waals surface area contributed by atoms with Crippen LogP contribution >= 0.6 is 11.6 Å². The Morgan fingerprint density at radius 1 is 1.29 bits per heavy atom. The van der Waals surface area contributed by atoms with Gasteiger partial charge in [0.05, 0.1) is 16.9 Å². The van der Waals surface area contributed by atoms with Crippen molar-refractivity contribution in [3.63, 3.8) is 0 Å². The molecule has 0 saturated carbocycles. The zero-order chi connectivity index (χ0) is 10.1. The van der Waals surface area contributed by atoms with Crippen molar-refractivity contribution in [2.24, 2.45) is 0 Å². The summed E-state index contributed by atoms with van der Waals surface area (Å²) in [5, 5.41) is 6.48. The molecule has 72 valence electrons. The third-order valence-corrected chi connectivity index (χ3v) is 2.08. The number of nitrogens with one attached hydrogen (secondary N) is 1. The number of aromatic amines is 1. The second kappa shape index (κ2) is 3.38. The Hall–Kier alpha value is -1.42. The number of rotatable bonds is 1. The maximum atomic E-state index is 13.2. The molecule has 0 radical (unpaired) electrons. The number of H-pyrrole nitrogens is 1. The molecule has 1 aromatic carbocycles. The Balaban J connectivity index is 2.58. The molecule has 14 heavy (non-hydrogen) atoms. The minimum atomic E-state index is -0.670. The predicted molar refractivity (Wildman–Crippen MR) is 48.9 cm³/mol. The molecule has 0 bridgehead atoms. The largest absolute Gasteiger partial charge is 0.276 e. The summed E-state index contributed by atoms with van der Waals surface area (Å²) in [6, 6.07) is 3.27. The van der Waals surface area contributed by atoms with Crippen LogP contribution in [-0.4, -0.2) is 10.2 Å². The van der Waals surface area contributed by atoms with E-state index >= 15 is 0 Å². The molecule has 0 saturated heterocycles. The molecule has 0 amide bonds. The molecule has 0 atom stereocenters. The molecule has 1 heterocycles. The maximum Gasteiger partial charge on any atom is 0.135 e. The highest BCUT2D eigenvalue weighted by atomic mass is 35.5. The van der Waals surface area contributed by atoms with E-state index in [0.717, 1.165) is 12.1 Å². The lowest BCUT2D eigenvalue weighted by Gasteiger charge is -2.00. The van der Waals surface area contributed by atoms with Gasteiger partial charge >= 0.3 is 0 Å². The second-order valence-corrected chi connectivity index (χ2v) is 3.12. The number of hydrogen-bond donors (Lipinski definition) is 1. The molecule has 0 fully saturated rings. The van der Waals surface area contributed by atoms with E-state index in [1.54, 1.807) is 0 Å². The van der Waals surface area contributed by atoms with Gasteiger partial charge in [0.1, 0.15) is 11.6 Å². The van der Waals surface area contributed by atoms with Crippen LogP contribution in [0.4, 0.5) is 8.78 Å². The molecular weight excluding hydrogens is 210 g/mol. The van der Waals surface area contributed by atoms with Crippen molar-refractivity contribution in [1.29, 1.82) is 0 Å². The van der Waals surface area contributed by atoms with Crippen molar-refractivity contribution in [3.8, 4) is 11.3 Å². The Morgan fingerprint density at radius 2 is 2.07 bits per heavy atom. The van der Waals surface area contributed by atoms with Crippen LogP contribution in [-0.2, 0) is 0 Å². The van der Waals surface area contributed by atoms with Crippen LogP contribution in [0, 0.1) is 11.6 Å². The van der Waals surface area contributed by atoms with Crippen molar-refractivity contribution in [2.45, 2.75) is 0 Å². The maximum absolute atomic E-state index is 13.2. The first kappa shape index (κ1) is 9.15. The Bertz CT molecular complexity index is 468. The molecule has 2 nitrogen and oxygen atoms in total. The smallest absolute Gasteiger partial charge is 0.135 e. The van der Waals surface area contributed by atoms with E-state index in [2.05, 4.69) is 10.2 Å². The standard InChI is InChI=1S/C9H5ClF2N2/c10-7-4-13-14-9(7)6-2-1-5(11)3-8(6)12/h1-4H,(H,13,14). The van der Waals surface area contributed by atoms with E-state index in [9.17, 15) is 8.78 Å². The number of hydrogen-bond acceptors (Lipinski definition) is 1. The van der Waals surface area contributed by atoms with Crippen LogP contribution < -0.4 is 0 Å². The van der Waals surface area contributed by atoms with Crippen LogP contribution in [0.3, 0.4) is 0 Å². The van der Waals surface area contributed by atoms with E-state index < -0.39 is 11.6 Å². The quantitative estimate of drug-likeness (QED) is 0.777. The molecule has 0 spiro atoms. The van der Waals surface area contributed by atoms with E-state index in [1.165, 1.54) is 12.3 Å². The Labute approximate surface area is 83.5 Å². The van der Waals surface area contributed by atoms with Gasteiger partial charge in [-0.3, -0.25) is 5.10 Å². The highest BCUT2D eigenvalue weighted by Crippen LogP contribution is 2.27. The van der Waals surface area contributed by atoms with Gasteiger partial charge in [0.2, 0.25) is 0 Å². The third-order valence-electron chi connectivity index (χ3n) is 1.79. The highest BCUT2D eigenvalue weighted by Gasteiger charge is 2.10. The summed E-state index contributed by atoms with van der Waals surface area (Å²) in [4.78, 5) is 0. The monoisotopic (exact) mass is 214 g/mol. The van der Waals surface area contributed by atoms with E-state index in [0.29, 0.717) is 10.7 Å². The fourth-order valence-electron chi connectivity index (χ4n) is 1.15. The van der Waals surface area contributed by atoms with E-state index in [1.807, 2.05) is 0 Å². The van der Waals surface area contributed by atoms with Crippen molar-refractivity contribution < 1.29 is 8.78 Å². The van der Waals surface area contributed by atoms with Crippen molar-refractivity contribution in [3.05, 3.63) is 41.1 Å². The van der Waals surface area contributed by atoms with Gasteiger partial charge in [0.25, 0.3) is 0 Å². The zero-order valence-electron chi connectivity index (χ0n) is 6.89. The highest BCUT2D eigenvalue weighted by molar-refractivity contribution is 6.32. The van der Waals surface area contributed by atoms with Gasteiger partial charge in [-0.15, -0.1) is 0 Å². The lowest BCUT2D eigenvalue weighted by atomic mass is 10.1. The van der Waals surface area contributed by atoms with Gasteiger partial charge < -0.3 is 0 Å². The summed E-state index contributed by atoms with van der Waals surface area (Å²) in [6.45, 7) is 0. The number of aromatic nitrogens is 2. The van der Waals surface area contributed by atoms with Crippen molar-refractivity contribution >= 4 is 11.6 Å². The zero-order valence-corrected chi connectivity index (χ0v) is 7.65. The summed E-state index contributed by atoms with van der Waals surface area (Å²) in [5.41, 5.74) is 0.554. The number of nitrogens with zero attached hydrogens (tertiary/aromatic N) is 1. The summed E-state index contributed by atoms with van der Waals surface area (Å²) in [5.74, 6) is -1.29. The molecule has 1 N–H and O–H groups in total. The molecule has 2 aromatic rings. The van der Waals surface area contributed by atoms with Crippen LogP contribution in [0.1, 0.15) is 0 Å². The normalized spacial score (nSPS) is 10.5. The predicted octanol–water partition coefficient (Wildman–Crippen LogP) is 3.01. The van der Waals surface area contributed by atoms with Gasteiger partial charge in [-0.05, 0) is 12.1 Å². The topological polar surface area (TPSA) is 28.7 Å². The summed E-state index contributed by atoms with van der Waals surface area (Å²) >= 11 is 5.73. The summed E-state index contributed by atoms with van der Waals surface area (Å²) in [6.07, 6.45) is 1.36. The fraction of sp³-hybridized carbons (Fsp3) is 0. The lowest BCUT2D eigenvalue weighted by Crippen LogP contribution is -1.87. The van der Waals surface area contributed by atoms with Crippen molar-refractivity contribution in [1.82, 2.24) is 10.2 Å². The van der Waals surface area contributed by atoms with Crippen LogP contribution in [0.15, 0.2) is 24.4 Å². The lowest BCUT2D eigenvalue weighted by molar-refractivity contribution is 0.585. The van der Waals surface area contributed by atoms with Gasteiger partial charge in [-0.25, -0.2) is 8.78 Å². The minimum Gasteiger partial charge on any atom is -0.276 e. The molecule has 0 aliphatic rings. The van der Waals surface area contributed by atoms with Crippen LogP contribution in [0.2, 0.25) is 5.02 Å². The fourth-order valence-corrected chi connectivity index (χ4v) is 1.35. The molecule has 2 rings (SSSR count). The Morgan fingerprint density at radius 3 is 2.64 bits per heavy atom. The van der Waals surface area contributed by atoms with Gasteiger partial charge in [0.15, 0.2) is 0 Å². The first-order valence-corrected chi connectivity index (χ1v) is 4.20. The average Bonchev–Trinajstić information content (AvgIpc) is 2.52. The molecule has 1 aromatic heterocycles. The third kappa shape index (κ3) is 1.48. The first-order chi connectivity index (χ1) is 6.68. The molecule has 0 unspecified atom stereocenters. The van der Waals surface area contributed by atoms with E-state index in [-0.39, 0.29) is 5.56 Å². The SMILES string of the molecule is Fc1ccc(-c2[nH]ncc2Cl)c(F)c1. The van der Waals surface area contributed by atoms with Crippen LogP contribution in [0.5, 0.6) is 0 Å². The molecule has 0 aliphatic heterocycles. The number of halogens is 3. The number of benzene rings is 1. The molecule has 0 aliphatic carbocycles. The van der Waals surface area contributed by atoms with Gasteiger partial charge in [-0.1, -0.05) is 11.6 Å². The average molecular weight is 215 g/mol. The minimum absolute atomic E-state index is 0.203. The first-order valence-electron chi connectivity index (χ1n) is 3.83. The van der Waals surface area contributed by atoms with Gasteiger partial charge in [-0.2, -0.15) is 5.10 Å². The molecular formula is C9H5ClF2N2.